The largest absolute Gasteiger partial charge is 0.488 e. The monoisotopic (exact) mass is 355 g/mol. The molecular formula is C10H10ClNO7S2. The Morgan fingerprint density at radius 1 is 1.38 bits per heavy atom. The van der Waals surface area contributed by atoms with Crippen LogP contribution in [-0.4, -0.2) is 39.4 Å². The molecule has 1 fully saturated rings. The third kappa shape index (κ3) is 3.83. The average Bonchev–Trinajstić information content (AvgIpc) is 2.67. The predicted octanol–water partition coefficient (Wildman–Crippen LogP) is 1.09. The molecule has 0 bridgehead atoms. The van der Waals surface area contributed by atoms with E-state index in [-0.39, 0.29) is 23.7 Å². The molecule has 0 saturated carbocycles. The van der Waals surface area contributed by atoms with Gasteiger partial charge in [-0.1, -0.05) is 0 Å². The fourth-order valence-corrected chi connectivity index (χ4v) is 4.50. The molecule has 0 aliphatic carbocycles. The molecule has 2 rings (SSSR count). The van der Waals surface area contributed by atoms with Crippen molar-refractivity contribution in [3.05, 3.63) is 28.3 Å². The van der Waals surface area contributed by atoms with E-state index in [1.807, 2.05) is 0 Å². The van der Waals surface area contributed by atoms with E-state index in [0.29, 0.717) is 0 Å². The summed E-state index contributed by atoms with van der Waals surface area (Å²) in [6.07, 6.45) is -0.477. The standard InChI is InChI=1S/C10H10ClNO7S2/c11-21(17,18)10-5-7(12(13)14)1-2-9(10)19-8-3-4-20(15,16)6-8/h1-2,5,8H,3-4,6H2. The molecule has 1 heterocycles. The van der Waals surface area contributed by atoms with Crippen LogP contribution < -0.4 is 4.74 Å². The van der Waals surface area contributed by atoms with Gasteiger partial charge in [0.2, 0.25) is 0 Å². The summed E-state index contributed by atoms with van der Waals surface area (Å²) in [6, 6.07) is 2.93. The fraction of sp³-hybridized carbons (Fsp3) is 0.400. The second kappa shape index (κ2) is 5.43. The zero-order valence-corrected chi connectivity index (χ0v) is 12.8. The highest BCUT2D eigenvalue weighted by Crippen LogP contribution is 2.32. The van der Waals surface area contributed by atoms with E-state index in [2.05, 4.69) is 0 Å². The van der Waals surface area contributed by atoms with Crippen molar-refractivity contribution in [3.63, 3.8) is 0 Å². The molecule has 1 atom stereocenters. The summed E-state index contributed by atoms with van der Waals surface area (Å²) in [5.41, 5.74) is -0.458. The average molecular weight is 356 g/mol. The van der Waals surface area contributed by atoms with Gasteiger partial charge in [-0.2, -0.15) is 0 Å². The summed E-state index contributed by atoms with van der Waals surface area (Å²) in [6.45, 7) is 0. The molecule has 1 aromatic rings. The molecule has 1 aromatic carbocycles. The van der Waals surface area contributed by atoms with E-state index < -0.39 is 40.5 Å². The highest BCUT2D eigenvalue weighted by Gasteiger charge is 2.31. The number of ether oxygens (including phenoxy) is 1. The Kier molecular flexibility index (Phi) is 4.13. The molecule has 0 spiro atoms. The van der Waals surface area contributed by atoms with Gasteiger partial charge < -0.3 is 4.74 Å². The van der Waals surface area contributed by atoms with Crippen LogP contribution in [0.2, 0.25) is 0 Å². The number of halogens is 1. The number of hydrogen-bond donors (Lipinski definition) is 0. The fourth-order valence-electron chi connectivity index (χ4n) is 1.93. The highest BCUT2D eigenvalue weighted by molar-refractivity contribution is 8.13. The summed E-state index contributed by atoms with van der Waals surface area (Å²) < 4.78 is 51.0. The van der Waals surface area contributed by atoms with Gasteiger partial charge in [0, 0.05) is 22.8 Å². The topological polar surface area (TPSA) is 121 Å². The van der Waals surface area contributed by atoms with Crippen molar-refractivity contribution >= 4 is 35.3 Å². The minimum atomic E-state index is -4.27. The van der Waals surface area contributed by atoms with E-state index in [4.69, 9.17) is 15.4 Å². The van der Waals surface area contributed by atoms with Crippen LogP contribution in [0.15, 0.2) is 23.1 Å². The molecule has 0 radical (unpaired) electrons. The number of benzene rings is 1. The minimum Gasteiger partial charge on any atom is -0.488 e. The summed E-state index contributed by atoms with van der Waals surface area (Å²) in [5.74, 6) is -0.475. The summed E-state index contributed by atoms with van der Waals surface area (Å²) in [7, 11) is -2.23. The number of hydrogen-bond acceptors (Lipinski definition) is 7. The van der Waals surface area contributed by atoms with Crippen molar-refractivity contribution in [2.45, 2.75) is 17.4 Å². The van der Waals surface area contributed by atoms with Crippen LogP contribution in [0.25, 0.3) is 0 Å². The van der Waals surface area contributed by atoms with Gasteiger partial charge in [0.15, 0.2) is 9.84 Å². The van der Waals surface area contributed by atoms with E-state index in [0.717, 1.165) is 18.2 Å². The quantitative estimate of drug-likeness (QED) is 0.450. The van der Waals surface area contributed by atoms with E-state index in [1.165, 1.54) is 0 Å². The van der Waals surface area contributed by atoms with Crippen molar-refractivity contribution in [2.75, 3.05) is 11.5 Å². The number of non-ortho nitro benzene ring substituents is 1. The molecule has 1 aliphatic heterocycles. The molecular weight excluding hydrogens is 346 g/mol. The molecule has 0 N–H and O–H groups in total. The summed E-state index contributed by atoms with van der Waals surface area (Å²) in [4.78, 5) is 9.35. The molecule has 1 unspecified atom stereocenters. The van der Waals surface area contributed by atoms with Gasteiger partial charge in [0.05, 0.1) is 16.4 Å². The van der Waals surface area contributed by atoms with Crippen molar-refractivity contribution in [3.8, 4) is 5.75 Å². The smallest absolute Gasteiger partial charge is 0.271 e. The summed E-state index contributed by atoms with van der Waals surface area (Å²) in [5, 5.41) is 10.7. The molecule has 1 aliphatic rings. The Morgan fingerprint density at radius 2 is 2.05 bits per heavy atom. The second-order valence-corrected chi connectivity index (χ2v) is 9.23. The predicted molar refractivity (Wildman–Crippen MR) is 73.8 cm³/mol. The zero-order valence-electron chi connectivity index (χ0n) is 10.4. The number of nitro benzene ring substituents is 1. The van der Waals surface area contributed by atoms with E-state index >= 15 is 0 Å². The molecule has 116 valence electrons. The maximum Gasteiger partial charge on any atom is 0.271 e. The third-order valence-electron chi connectivity index (χ3n) is 2.89. The molecule has 11 heteroatoms. The Morgan fingerprint density at radius 3 is 2.52 bits per heavy atom. The van der Waals surface area contributed by atoms with Crippen LogP contribution in [0.3, 0.4) is 0 Å². The maximum absolute atomic E-state index is 11.5. The zero-order chi connectivity index (χ0) is 15.8. The number of rotatable bonds is 4. The lowest BCUT2D eigenvalue weighted by Gasteiger charge is -2.14. The van der Waals surface area contributed by atoms with E-state index in [9.17, 15) is 26.9 Å². The van der Waals surface area contributed by atoms with Crippen LogP contribution >= 0.6 is 10.7 Å². The Bertz CT molecular complexity index is 788. The normalized spacial score (nSPS) is 21.1. The molecule has 21 heavy (non-hydrogen) atoms. The number of sulfone groups is 1. The van der Waals surface area contributed by atoms with Crippen LogP contribution in [0.1, 0.15) is 6.42 Å². The van der Waals surface area contributed by atoms with Gasteiger partial charge in [0.1, 0.15) is 16.7 Å². The first-order valence-corrected chi connectivity index (χ1v) is 9.82. The Hall–Kier alpha value is -1.39. The molecule has 0 aromatic heterocycles. The SMILES string of the molecule is O=[N+]([O-])c1ccc(OC2CCS(=O)(=O)C2)c(S(=O)(=O)Cl)c1. The number of nitro groups is 1. The van der Waals surface area contributed by atoms with Gasteiger partial charge in [0.25, 0.3) is 14.7 Å². The van der Waals surface area contributed by atoms with E-state index in [1.54, 1.807) is 0 Å². The first kappa shape index (κ1) is 16.0. The van der Waals surface area contributed by atoms with Gasteiger partial charge in [-0.15, -0.1) is 0 Å². The maximum atomic E-state index is 11.5. The summed E-state index contributed by atoms with van der Waals surface area (Å²) >= 11 is 0. The van der Waals surface area contributed by atoms with Crippen molar-refractivity contribution < 1.29 is 26.5 Å². The first-order valence-electron chi connectivity index (χ1n) is 5.69. The lowest BCUT2D eigenvalue weighted by Crippen LogP contribution is -2.18. The van der Waals surface area contributed by atoms with Crippen LogP contribution in [0.5, 0.6) is 5.75 Å². The van der Waals surface area contributed by atoms with Gasteiger partial charge in [-0.25, -0.2) is 16.8 Å². The first-order chi connectivity index (χ1) is 9.58. The highest BCUT2D eigenvalue weighted by atomic mass is 35.7. The van der Waals surface area contributed by atoms with Crippen LogP contribution in [0, 0.1) is 10.1 Å². The van der Waals surface area contributed by atoms with Gasteiger partial charge in [-0.3, -0.25) is 10.1 Å². The Labute approximate surface area is 125 Å². The van der Waals surface area contributed by atoms with Crippen molar-refractivity contribution in [1.82, 2.24) is 0 Å². The lowest BCUT2D eigenvalue weighted by atomic mass is 10.3. The second-order valence-electron chi connectivity index (χ2n) is 4.47. The van der Waals surface area contributed by atoms with Crippen LogP contribution in [-0.2, 0) is 18.9 Å². The lowest BCUT2D eigenvalue weighted by molar-refractivity contribution is -0.385. The minimum absolute atomic E-state index is 0.0480. The molecule has 1 saturated heterocycles. The van der Waals surface area contributed by atoms with Gasteiger partial charge in [-0.05, 0) is 12.5 Å². The van der Waals surface area contributed by atoms with Crippen LogP contribution in [0.4, 0.5) is 5.69 Å². The Balaban J connectivity index is 2.38. The van der Waals surface area contributed by atoms with Gasteiger partial charge >= 0.3 is 0 Å². The molecule has 8 nitrogen and oxygen atoms in total. The number of nitrogens with zero attached hydrogens (tertiary/aromatic N) is 1. The molecule has 0 amide bonds. The van der Waals surface area contributed by atoms with Crippen molar-refractivity contribution in [2.24, 2.45) is 0 Å². The third-order valence-corrected chi connectivity index (χ3v) is 5.97. The van der Waals surface area contributed by atoms with Crippen molar-refractivity contribution in [1.29, 1.82) is 0 Å².